The molecule has 0 aliphatic heterocycles. The van der Waals surface area contributed by atoms with E-state index in [9.17, 15) is 4.79 Å². The molecule has 3 aromatic heterocycles. The lowest BCUT2D eigenvalue weighted by atomic mass is 10.2. The molecule has 6 nitrogen and oxygen atoms in total. The highest BCUT2D eigenvalue weighted by Gasteiger charge is 2.12. The molecule has 1 N–H and O–H groups in total. The first kappa shape index (κ1) is 16.2. The molecule has 0 radical (unpaired) electrons. The van der Waals surface area contributed by atoms with Crippen molar-refractivity contribution in [3.63, 3.8) is 0 Å². The smallest absolute Gasteiger partial charge is 0.251 e. The lowest BCUT2D eigenvalue weighted by molar-refractivity contribution is 0.0950. The molecule has 0 fully saturated rings. The Morgan fingerprint density at radius 2 is 2.00 bits per heavy atom. The summed E-state index contributed by atoms with van der Waals surface area (Å²) in [4.78, 5) is 22.4. The van der Waals surface area contributed by atoms with Gasteiger partial charge < -0.3 is 5.32 Å². The number of amides is 1. The average molecular weight is 361 g/mol. The SMILES string of the molecule is O=C(NCc1nccnc1-c1cccs1)c1cccc(-n2cccn2)c1. The van der Waals surface area contributed by atoms with Crippen molar-refractivity contribution in [2.45, 2.75) is 6.54 Å². The van der Waals surface area contributed by atoms with Gasteiger partial charge in [0.25, 0.3) is 5.91 Å². The summed E-state index contributed by atoms with van der Waals surface area (Å²) in [7, 11) is 0. The van der Waals surface area contributed by atoms with Crippen molar-refractivity contribution in [3.05, 3.63) is 83.9 Å². The standard InChI is InChI=1S/C19H15N5OS/c25-19(14-4-1-5-15(12-14)24-10-3-7-23-24)22-13-16-18(21-9-8-20-16)17-6-2-11-26-17/h1-12H,13H2,(H,22,25). The number of carbonyl (C=O) groups is 1. The number of carbonyl (C=O) groups excluding carboxylic acids is 1. The molecule has 0 spiro atoms. The zero-order valence-corrected chi connectivity index (χ0v) is 14.6. The number of hydrogen-bond donors (Lipinski definition) is 1. The van der Waals surface area contributed by atoms with Gasteiger partial charge in [-0.15, -0.1) is 11.3 Å². The maximum atomic E-state index is 12.6. The number of hydrogen-bond acceptors (Lipinski definition) is 5. The second-order valence-corrected chi connectivity index (χ2v) is 6.46. The molecule has 4 aromatic rings. The number of aromatic nitrogens is 4. The van der Waals surface area contributed by atoms with Crippen LogP contribution in [0, 0.1) is 0 Å². The maximum absolute atomic E-state index is 12.6. The van der Waals surface area contributed by atoms with Crippen LogP contribution < -0.4 is 5.32 Å². The predicted molar refractivity (Wildman–Crippen MR) is 100 cm³/mol. The summed E-state index contributed by atoms with van der Waals surface area (Å²) in [5, 5.41) is 9.11. The highest BCUT2D eigenvalue weighted by atomic mass is 32.1. The molecule has 0 atom stereocenters. The van der Waals surface area contributed by atoms with Crippen LogP contribution in [0.4, 0.5) is 0 Å². The zero-order chi connectivity index (χ0) is 17.8. The molecule has 7 heteroatoms. The molecule has 0 bridgehead atoms. The van der Waals surface area contributed by atoms with Crippen molar-refractivity contribution in [1.29, 1.82) is 0 Å². The monoisotopic (exact) mass is 361 g/mol. The Balaban J connectivity index is 1.51. The highest BCUT2D eigenvalue weighted by Crippen LogP contribution is 2.24. The van der Waals surface area contributed by atoms with Gasteiger partial charge in [0.1, 0.15) is 5.69 Å². The lowest BCUT2D eigenvalue weighted by Crippen LogP contribution is -2.24. The van der Waals surface area contributed by atoms with Crippen molar-refractivity contribution in [2.75, 3.05) is 0 Å². The van der Waals surface area contributed by atoms with Crippen LogP contribution in [-0.2, 0) is 6.54 Å². The molecule has 0 aliphatic rings. The quantitative estimate of drug-likeness (QED) is 0.592. The summed E-state index contributed by atoms with van der Waals surface area (Å²) in [6.07, 6.45) is 6.83. The maximum Gasteiger partial charge on any atom is 0.251 e. The van der Waals surface area contributed by atoms with Crippen molar-refractivity contribution in [3.8, 4) is 16.3 Å². The van der Waals surface area contributed by atoms with Crippen LogP contribution in [0.3, 0.4) is 0 Å². The molecule has 0 unspecified atom stereocenters. The minimum atomic E-state index is -0.165. The Kier molecular flexibility index (Phi) is 4.53. The van der Waals surface area contributed by atoms with Crippen molar-refractivity contribution < 1.29 is 4.79 Å². The predicted octanol–water partition coefficient (Wildman–Crippen LogP) is 3.32. The summed E-state index contributed by atoms with van der Waals surface area (Å²) >= 11 is 1.60. The molecule has 0 aliphatic carbocycles. The second kappa shape index (κ2) is 7.28. The van der Waals surface area contributed by atoms with Gasteiger partial charge in [0, 0.05) is 30.4 Å². The Morgan fingerprint density at radius 3 is 2.81 bits per heavy atom. The Bertz CT molecular complexity index is 1010. The molecule has 26 heavy (non-hydrogen) atoms. The molecular formula is C19H15N5OS. The van der Waals surface area contributed by atoms with E-state index in [0.29, 0.717) is 12.1 Å². The van der Waals surface area contributed by atoms with Gasteiger partial charge in [-0.25, -0.2) is 4.68 Å². The molecule has 1 amide bonds. The third-order valence-electron chi connectivity index (χ3n) is 3.82. The van der Waals surface area contributed by atoms with Gasteiger partial charge in [0.2, 0.25) is 0 Å². The summed E-state index contributed by atoms with van der Waals surface area (Å²) in [5.41, 5.74) is 2.95. The summed E-state index contributed by atoms with van der Waals surface area (Å²) < 4.78 is 1.72. The van der Waals surface area contributed by atoms with Gasteiger partial charge in [-0.1, -0.05) is 12.1 Å². The fourth-order valence-electron chi connectivity index (χ4n) is 2.59. The third kappa shape index (κ3) is 3.38. The number of nitrogens with one attached hydrogen (secondary N) is 1. The van der Waals surface area contributed by atoms with Crippen molar-refractivity contribution in [1.82, 2.24) is 25.1 Å². The normalized spacial score (nSPS) is 10.6. The largest absolute Gasteiger partial charge is 0.346 e. The van der Waals surface area contributed by atoms with Crippen LogP contribution in [0.5, 0.6) is 0 Å². The highest BCUT2D eigenvalue weighted by molar-refractivity contribution is 7.13. The minimum absolute atomic E-state index is 0.165. The number of benzene rings is 1. The van der Waals surface area contributed by atoms with E-state index in [-0.39, 0.29) is 5.91 Å². The van der Waals surface area contributed by atoms with Crippen LogP contribution >= 0.6 is 11.3 Å². The number of nitrogens with zero attached hydrogens (tertiary/aromatic N) is 4. The van der Waals surface area contributed by atoms with Gasteiger partial charge in [-0.2, -0.15) is 5.10 Å². The third-order valence-corrected chi connectivity index (χ3v) is 4.70. The summed E-state index contributed by atoms with van der Waals surface area (Å²) in [5.74, 6) is -0.165. The van der Waals surface area contributed by atoms with Crippen molar-refractivity contribution >= 4 is 17.2 Å². The van der Waals surface area contributed by atoms with E-state index in [1.807, 2.05) is 41.9 Å². The lowest BCUT2D eigenvalue weighted by Gasteiger charge is -2.09. The van der Waals surface area contributed by atoms with E-state index in [1.54, 1.807) is 46.7 Å². The number of rotatable bonds is 5. The topological polar surface area (TPSA) is 72.7 Å². The summed E-state index contributed by atoms with van der Waals surface area (Å²) in [6.45, 7) is 0.311. The summed E-state index contributed by atoms with van der Waals surface area (Å²) in [6, 6.07) is 13.1. The molecule has 4 rings (SSSR count). The molecular weight excluding hydrogens is 346 g/mol. The second-order valence-electron chi connectivity index (χ2n) is 5.51. The first-order valence-corrected chi connectivity index (χ1v) is 8.91. The molecule has 0 saturated carbocycles. The van der Waals surface area contributed by atoms with Crippen molar-refractivity contribution in [2.24, 2.45) is 0 Å². The molecule has 128 valence electrons. The van der Waals surface area contributed by atoms with E-state index >= 15 is 0 Å². The van der Waals surface area contributed by atoms with Gasteiger partial charge in [0.15, 0.2) is 0 Å². The van der Waals surface area contributed by atoms with E-state index in [4.69, 9.17) is 0 Å². The van der Waals surface area contributed by atoms with E-state index in [2.05, 4.69) is 20.4 Å². The molecule has 0 saturated heterocycles. The van der Waals surface area contributed by atoms with Crippen LogP contribution in [0.25, 0.3) is 16.3 Å². The Morgan fingerprint density at radius 1 is 1.08 bits per heavy atom. The van der Waals surface area contributed by atoms with E-state index in [0.717, 1.165) is 22.0 Å². The number of thiophene rings is 1. The molecule has 1 aromatic carbocycles. The van der Waals surface area contributed by atoms with Gasteiger partial charge >= 0.3 is 0 Å². The minimum Gasteiger partial charge on any atom is -0.346 e. The van der Waals surface area contributed by atoms with Gasteiger partial charge in [-0.05, 0) is 35.7 Å². The Labute approximate surface area is 154 Å². The molecule has 3 heterocycles. The first-order valence-electron chi connectivity index (χ1n) is 8.03. The van der Waals surface area contributed by atoms with Crippen LogP contribution in [0.2, 0.25) is 0 Å². The van der Waals surface area contributed by atoms with E-state index in [1.165, 1.54) is 0 Å². The fourth-order valence-corrected chi connectivity index (χ4v) is 3.34. The zero-order valence-electron chi connectivity index (χ0n) is 13.7. The van der Waals surface area contributed by atoms with Crippen LogP contribution in [0.15, 0.2) is 72.6 Å². The Hall–Kier alpha value is -3.32. The average Bonchev–Trinajstić information content (AvgIpc) is 3.40. The van der Waals surface area contributed by atoms with Gasteiger partial charge in [0.05, 0.1) is 22.8 Å². The van der Waals surface area contributed by atoms with E-state index < -0.39 is 0 Å². The van der Waals surface area contributed by atoms with Crippen LogP contribution in [0.1, 0.15) is 16.1 Å². The van der Waals surface area contributed by atoms with Gasteiger partial charge in [-0.3, -0.25) is 14.8 Å². The van der Waals surface area contributed by atoms with Crippen LogP contribution in [-0.4, -0.2) is 25.7 Å². The fraction of sp³-hybridized carbons (Fsp3) is 0.0526. The first-order chi connectivity index (χ1) is 12.8.